The van der Waals surface area contributed by atoms with Gasteiger partial charge in [0.15, 0.2) is 0 Å². The van der Waals surface area contributed by atoms with Gasteiger partial charge in [-0.1, -0.05) is 0 Å². The lowest BCUT2D eigenvalue weighted by molar-refractivity contribution is 0.203. The molecule has 0 aromatic carbocycles. The van der Waals surface area contributed by atoms with Crippen molar-refractivity contribution in [3.05, 3.63) is 0 Å². The maximum atomic E-state index is 9.04. The molecule has 1 nitrogen and oxygen atoms in total. The molecular weight excluding hydrogens is 180 g/mol. The van der Waals surface area contributed by atoms with Gasteiger partial charge in [0, 0.05) is 6.61 Å². The van der Waals surface area contributed by atoms with Crippen molar-refractivity contribution in [1.82, 2.24) is 0 Å². The molecule has 2 aliphatic rings. The molecule has 1 aliphatic heterocycles. The van der Waals surface area contributed by atoms with Gasteiger partial charge in [-0.15, -0.1) is 0 Å². The molecule has 0 amide bonds. The maximum Gasteiger partial charge on any atom is 0.0433 e. The highest BCUT2D eigenvalue weighted by Gasteiger charge is 2.36. The van der Waals surface area contributed by atoms with E-state index in [1.165, 1.54) is 37.2 Å². The van der Waals surface area contributed by atoms with Crippen LogP contribution in [0.2, 0.25) is 0 Å². The van der Waals surface area contributed by atoms with Crippen molar-refractivity contribution in [2.24, 2.45) is 17.8 Å². The van der Waals surface area contributed by atoms with Gasteiger partial charge in [-0.25, -0.2) is 0 Å². The SMILES string of the molecule is OCCC(C1CC1)C1CCCSC1. The number of thioether (sulfide) groups is 1. The van der Waals surface area contributed by atoms with Crippen LogP contribution in [0, 0.1) is 17.8 Å². The van der Waals surface area contributed by atoms with E-state index >= 15 is 0 Å². The first-order chi connectivity index (χ1) is 6.42. The lowest BCUT2D eigenvalue weighted by Gasteiger charge is -2.29. The van der Waals surface area contributed by atoms with Crippen molar-refractivity contribution in [3.63, 3.8) is 0 Å². The topological polar surface area (TPSA) is 20.2 Å². The van der Waals surface area contributed by atoms with Crippen molar-refractivity contribution < 1.29 is 5.11 Å². The van der Waals surface area contributed by atoms with Gasteiger partial charge in [0.1, 0.15) is 0 Å². The summed E-state index contributed by atoms with van der Waals surface area (Å²) in [5.41, 5.74) is 0. The van der Waals surface area contributed by atoms with Gasteiger partial charge >= 0.3 is 0 Å². The molecule has 0 bridgehead atoms. The summed E-state index contributed by atoms with van der Waals surface area (Å²) in [5, 5.41) is 9.04. The van der Waals surface area contributed by atoms with E-state index in [0.29, 0.717) is 6.61 Å². The normalized spacial score (nSPS) is 31.6. The van der Waals surface area contributed by atoms with Gasteiger partial charge in [-0.3, -0.25) is 0 Å². The van der Waals surface area contributed by atoms with Crippen LogP contribution in [0.4, 0.5) is 0 Å². The molecule has 2 rings (SSSR count). The molecule has 1 saturated carbocycles. The minimum atomic E-state index is 0.405. The molecule has 2 heteroatoms. The summed E-state index contributed by atoms with van der Waals surface area (Å²) < 4.78 is 0. The first-order valence-corrected chi connectivity index (χ1v) is 6.76. The number of hydrogen-bond acceptors (Lipinski definition) is 2. The van der Waals surface area contributed by atoms with Crippen LogP contribution in [0.25, 0.3) is 0 Å². The molecule has 0 radical (unpaired) electrons. The molecule has 1 aliphatic carbocycles. The third kappa shape index (κ3) is 2.63. The number of aliphatic hydroxyl groups is 1. The van der Waals surface area contributed by atoms with Crippen LogP contribution >= 0.6 is 11.8 Å². The van der Waals surface area contributed by atoms with E-state index in [0.717, 1.165) is 24.2 Å². The van der Waals surface area contributed by atoms with Crippen LogP contribution < -0.4 is 0 Å². The number of rotatable bonds is 4. The monoisotopic (exact) mass is 200 g/mol. The summed E-state index contributed by atoms with van der Waals surface area (Å²) in [6.45, 7) is 0.405. The minimum absolute atomic E-state index is 0.405. The second-order valence-electron chi connectivity index (χ2n) is 4.49. The Kier molecular flexibility index (Phi) is 3.56. The Balaban J connectivity index is 1.84. The molecular formula is C11H20OS. The summed E-state index contributed by atoms with van der Waals surface area (Å²) in [4.78, 5) is 0. The molecule has 2 unspecified atom stereocenters. The molecule has 1 saturated heterocycles. The minimum Gasteiger partial charge on any atom is -0.396 e. The van der Waals surface area contributed by atoms with E-state index in [9.17, 15) is 0 Å². The van der Waals surface area contributed by atoms with Crippen molar-refractivity contribution in [2.75, 3.05) is 18.1 Å². The predicted molar refractivity (Wildman–Crippen MR) is 58.0 cm³/mol. The van der Waals surface area contributed by atoms with E-state index < -0.39 is 0 Å². The van der Waals surface area contributed by atoms with Crippen molar-refractivity contribution >= 4 is 11.8 Å². The number of hydrogen-bond donors (Lipinski definition) is 1. The molecule has 2 fully saturated rings. The third-order valence-electron chi connectivity index (χ3n) is 3.49. The van der Waals surface area contributed by atoms with E-state index in [1.807, 2.05) is 0 Å². The van der Waals surface area contributed by atoms with Crippen LogP contribution in [-0.4, -0.2) is 23.2 Å². The summed E-state index contributed by atoms with van der Waals surface area (Å²) in [7, 11) is 0. The predicted octanol–water partition coefficient (Wildman–Crippen LogP) is 2.54. The molecule has 13 heavy (non-hydrogen) atoms. The molecule has 1 heterocycles. The maximum absolute atomic E-state index is 9.04. The molecule has 2 atom stereocenters. The zero-order chi connectivity index (χ0) is 9.10. The average Bonchev–Trinajstić information content (AvgIpc) is 2.99. The Morgan fingerprint density at radius 2 is 2.08 bits per heavy atom. The highest BCUT2D eigenvalue weighted by molar-refractivity contribution is 7.99. The largest absolute Gasteiger partial charge is 0.396 e. The van der Waals surface area contributed by atoms with Crippen LogP contribution in [0.1, 0.15) is 32.1 Å². The second-order valence-corrected chi connectivity index (χ2v) is 5.64. The Morgan fingerprint density at radius 3 is 2.62 bits per heavy atom. The molecule has 76 valence electrons. The zero-order valence-electron chi connectivity index (χ0n) is 8.24. The first kappa shape index (κ1) is 9.85. The lowest BCUT2D eigenvalue weighted by atomic mass is 9.84. The van der Waals surface area contributed by atoms with E-state index in [4.69, 9.17) is 5.11 Å². The average molecular weight is 200 g/mol. The summed E-state index contributed by atoms with van der Waals surface area (Å²) in [6, 6.07) is 0. The van der Waals surface area contributed by atoms with Crippen molar-refractivity contribution in [3.8, 4) is 0 Å². The van der Waals surface area contributed by atoms with Gasteiger partial charge in [-0.05, 0) is 61.4 Å². The Hall–Kier alpha value is 0.310. The Morgan fingerprint density at radius 1 is 1.23 bits per heavy atom. The van der Waals surface area contributed by atoms with Gasteiger partial charge in [0.05, 0.1) is 0 Å². The summed E-state index contributed by atoms with van der Waals surface area (Å²) >= 11 is 2.12. The van der Waals surface area contributed by atoms with Crippen LogP contribution in [0.5, 0.6) is 0 Å². The van der Waals surface area contributed by atoms with E-state index in [1.54, 1.807) is 0 Å². The van der Waals surface area contributed by atoms with Crippen molar-refractivity contribution in [2.45, 2.75) is 32.1 Å². The van der Waals surface area contributed by atoms with Gasteiger partial charge in [0.2, 0.25) is 0 Å². The Labute approximate surface area is 85.3 Å². The summed E-state index contributed by atoms with van der Waals surface area (Å²) in [5.74, 6) is 5.50. The zero-order valence-corrected chi connectivity index (χ0v) is 9.06. The van der Waals surface area contributed by atoms with Crippen LogP contribution in [0.15, 0.2) is 0 Å². The van der Waals surface area contributed by atoms with Crippen LogP contribution in [-0.2, 0) is 0 Å². The quantitative estimate of drug-likeness (QED) is 0.752. The summed E-state index contributed by atoms with van der Waals surface area (Å²) in [6.07, 6.45) is 6.77. The highest BCUT2D eigenvalue weighted by Crippen LogP contribution is 2.45. The molecule has 0 aromatic heterocycles. The third-order valence-corrected chi connectivity index (χ3v) is 4.73. The van der Waals surface area contributed by atoms with Gasteiger partial charge < -0.3 is 5.11 Å². The highest BCUT2D eigenvalue weighted by atomic mass is 32.2. The van der Waals surface area contributed by atoms with Gasteiger partial charge in [-0.2, -0.15) is 11.8 Å². The lowest BCUT2D eigenvalue weighted by Crippen LogP contribution is -2.23. The standard InChI is InChI=1S/C11H20OS/c12-6-5-11(9-3-4-9)10-2-1-7-13-8-10/h9-12H,1-8H2. The molecule has 0 spiro atoms. The fourth-order valence-corrected chi connectivity index (χ4v) is 3.89. The number of aliphatic hydroxyl groups excluding tert-OH is 1. The fourth-order valence-electron chi connectivity index (χ4n) is 2.63. The molecule has 1 N–H and O–H groups in total. The second kappa shape index (κ2) is 4.70. The van der Waals surface area contributed by atoms with E-state index in [-0.39, 0.29) is 0 Å². The Bertz CT molecular complexity index is 150. The first-order valence-electron chi connectivity index (χ1n) is 5.60. The van der Waals surface area contributed by atoms with E-state index in [2.05, 4.69) is 11.8 Å². The smallest absolute Gasteiger partial charge is 0.0433 e. The van der Waals surface area contributed by atoms with Gasteiger partial charge in [0.25, 0.3) is 0 Å². The molecule has 0 aromatic rings. The fraction of sp³-hybridized carbons (Fsp3) is 1.00. The van der Waals surface area contributed by atoms with Crippen molar-refractivity contribution in [1.29, 1.82) is 0 Å². The van der Waals surface area contributed by atoms with Crippen LogP contribution in [0.3, 0.4) is 0 Å².